The Morgan fingerprint density at radius 3 is 1.71 bits per heavy atom. The van der Waals surface area contributed by atoms with Crippen molar-refractivity contribution in [2.24, 2.45) is 0 Å². The Hall–Kier alpha value is -5.81. The molecule has 42 heavy (non-hydrogen) atoms. The molecule has 3 heterocycles. The van der Waals surface area contributed by atoms with Gasteiger partial charge in [-0.2, -0.15) is 0 Å². The summed E-state index contributed by atoms with van der Waals surface area (Å²) in [5.74, 6) is 1.83. The highest BCUT2D eigenvalue weighted by molar-refractivity contribution is 6.22. The van der Waals surface area contributed by atoms with Crippen LogP contribution in [0.5, 0.6) is 0 Å². The molecule has 0 aliphatic heterocycles. The molecule has 8 rings (SSSR count). The van der Waals surface area contributed by atoms with Crippen LogP contribution in [0.2, 0.25) is 0 Å². The minimum atomic E-state index is 0.585. The van der Waals surface area contributed by atoms with Crippen LogP contribution in [0.15, 0.2) is 140 Å². The van der Waals surface area contributed by atoms with Gasteiger partial charge >= 0.3 is 0 Å². The molecule has 5 heteroatoms. The molecule has 0 aliphatic rings. The summed E-state index contributed by atoms with van der Waals surface area (Å²) in [7, 11) is 0. The third-order valence-corrected chi connectivity index (χ3v) is 7.55. The summed E-state index contributed by atoms with van der Waals surface area (Å²) in [6.45, 7) is 0. The van der Waals surface area contributed by atoms with E-state index in [1.165, 1.54) is 16.2 Å². The average molecular weight is 538 g/mol. The molecule has 0 atom stereocenters. The maximum Gasteiger partial charge on any atom is 0.164 e. The van der Waals surface area contributed by atoms with Gasteiger partial charge in [0.2, 0.25) is 0 Å². The second kappa shape index (κ2) is 9.98. The predicted octanol–water partition coefficient (Wildman–Crippen LogP) is 8.79. The van der Waals surface area contributed by atoms with Gasteiger partial charge in [-0.3, -0.25) is 4.98 Å². The van der Waals surface area contributed by atoms with Gasteiger partial charge in [0.15, 0.2) is 17.5 Å². The summed E-state index contributed by atoms with van der Waals surface area (Å²) in [5, 5.41) is 5.76. The van der Waals surface area contributed by atoms with Gasteiger partial charge in [0.1, 0.15) is 0 Å². The average Bonchev–Trinajstić information content (AvgIpc) is 3.08. The molecular formula is C37H23N5. The van der Waals surface area contributed by atoms with Crippen LogP contribution in [0.4, 0.5) is 0 Å². The first kappa shape index (κ1) is 24.0. The number of aromatic nitrogens is 5. The number of benzene rings is 5. The lowest BCUT2D eigenvalue weighted by Crippen LogP contribution is -2.00. The van der Waals surface area contributed by atoms with Crippen LogP contribution in [0.25, 0.3) is 78.0 Å². The van der Waals surface area contributed by atoms with E-state index < -0.39 is 0 Å². The smallest absolute Gasteiger partial charge is 0.164 e. The molecule has 5 aromatic carbocycles. The van der Waals surface area contributed by atoms with Crippen molar-refractivity contribution in [3.8, 4) is 45.6 Å². The van der Waals surface area contributed by atoms with Gasteiger partial charge in [-0.05, 0) is 29.0 Å². The molecule has 0 unspecified atom stereocenters. The highest BCUT2D eigenvalue weighted by Crippen LogP contribution is 2.37. The van der Waals surface area contributed by atoms with E-state index in [0.717, 1.165) is 44.4 Å². The van der Waals surface area contributed by atoms with Crippen molar-refractivity contribution in [3.05, 3.63) is 140 Å². The fourth-order valence-corrected chi connectivity index (χ4v) is 5.55. The lowest BCUT2D eigenvalue weighted by molar-refractivity contribution is 1.07. The monoisotopic (exact) mass is 537 g/mol. The Balaban J connectivity index is 1.35. The van der Waals surface area contributed by atoms with Crippen LogP contribution in [0.1, 0.15) is 0 Å². The minimum Gasteiger partial charge on any atom is -0.255 e. The van der Waals surface area contributed by atoms with Crippen LogP contribution in [-0.2, 0) is 0 Å². The molecule has 196 valence electrons. The van der Waals surface area contributed by atoms with Gasteiger partial charge in [0, 0.05) is 39.0 Å². The lowest BCUT2D eigenvalue weighted by atomic mass is 9.96. The lowest BCUT2D eigenvalue weighted by Gasteiger charge is -2.13. The van der Waals surface area contributed by atoms with Gasteiger partial charge in [-0.25, -0.2) is 19.9 Å². The zero-order valence-corrected chi connectivity index (χ0v) is 22.5. The van der Waals surface area contributed by atoms with Crippen molar-refractivity contribution in [2.45, 2.75) is 0 Å². The second-order valence-corrected chi connectivity index (χ2v) is 10.2. The quantitative estimate of drug-likeness (QED) is 0.210. The Labute approximate surface area is 242 Å². The molecule has 0 fully saturated rings. The van der Waals surface area contributed by atoms with Gasteiger partial charge in [0.05, 0.1) is 16.9 Å². The summed E-state index contributed by atoms with van der Waals surface area (Å²) in [5.41, 5.74) is 5.24. The standard InChI is InChI=1S/C37H23N5/c1-3-12-25(13-4-1)35-40-36(26-14-5-2-6-15-26)42-37(41-35)27-21-22-38-32(23-27)34-30-20-19-24-11-7-8-16-28(24)33(30)29-17-9-10-18-31(29)39-34/h1-23H. The zero-order valence-electron chi connectivity index (χ0n) is 22.5. The Bertz CT molecular complexity index is 2170. The van der Waals surface area contributed by atoms with Gasteiger partial charge in [-0.15, -0.1) is 0 Å². The number of nitrogens with zero attached hydrogens (tertiary/aromatic N) is 5. The first-order valence-electron chi connectivity index (χ1n) is 13.9. The van der Waals surface area contributed by atoms with Crippen LogP contribution in [-0.4, -0.2) is 24.9 Å². The number of pyridine rings is 2. The molecule has 5 nitrogen and oxygen atoms in total. The summed E-state index contributed by atoms with van der Waals surface area (Å²) >= 11 is 0. The molecule has 0 saturated heterocycles. The van der Waals surface area contributed by atoms with E-state index in [2.05, 4.69) is 54.6 Å². The summed E-state index contributed by atoms with van der Waals surface area (Å²) in [4.78, 5) is 24.6. The molecule has 0 saturated carbocycles. The molecule has 3 aromatic heterocycles. The Morgan fingerprint density at radius 1 is 0.405 bits per heavy atom. The molecule has 0 spiro atoms. The zero-order chi connectivity index (χ0) is 27.9. The third-order valence-electron chi connectivity index (χ3n) is 7.55. The Morgan fingerprint density at radius 2 is 1.00 bits per heavy atom. The van der Waals surface area contributed by atoms with E-state index in [1.807, 2.05) is 85.1 Å². The van der Waals surface area contributed by atoms with Crippen molar-refractivity contribution < 1.29 is 0 Å². The van der Waals surface area contributed by atoms with Crippen LogP contribution >= 0.6 is 0 Å². The third kappa shape index (κ3) is 4.16. The minimum absolute atomic E-state index is 0.585. The number of rotatable bonds is 4. The molecule has 8 aromatic rings. The molecule has 0 amide bonds. The van der Waals surface area contributed by atoms with Gasteiger partial charge in [0.25, 0.3) is 0 Å². The van der Waals surface area contributed by atoms with Gasteiger partial charge in [-0.1, -0.05) is 115 Å². The number of hydrogen-bond acceptors (Lipinski definition) is 5. The fourth-order valence-electron chi connectivity index (χ4n) is 5.55. The van der Waals surface area contributed by atoms with Crippen LogP contribution < -0.4 is 0 Å². The van der Waals surface area contributed by atoms with Crippen LogP contribution in [0.3, 0.4) is 0 Å². The largest absolute Gasteiger partial charge is 0.255 e. The van der Waals surface area contributed by atoms with Crippen molar-refractivity contribution in [2.75, 3.05) is 0 Å². The molecule has 0 N–H and O–H groups in total. The molecule has 0 bridgehead atoms. The normalized spacial score (nSPS) is 11.3. The first-order valence-corrected chi connectivity index (χ1v) is 13.9. The van der Waals surface area contributed by atoms with Crippen molar-refractivity contribution in [1.82, 2.24) is 24.9 Å². The predicted molar refractivity (Wildman–Crippen MR) is 170 cm³/mol. The first-order chi connectivity index (χ1) is 20.8. The van der Waals surface area contributed by atoms with E-state index >= 15 is 0 Å². The van der Waals surface area contributed by atoms with E-state index in [9.17, 15) is 0 Å². The molecule has 0 radical (unpaired) electrons. The van der Waals surface area contributed by atoms with E-state index in [-0.39, 0.29) is 0 Å². The highest BCUT2D eigenvalue weighted by Gasteiger charge is 2.16. The van der Waals surface area contributed by atoms with Crippen LogP contribution in [0, 0.1) is 0 Å². The van der Waals surface area contributed by atoms with E-state index in [0.29, 0.717) is 17.5 Å². The van der Waals surface area contributed by atoms with Crippen molar-refractivity contribution >= 4 is 32.4 Å². The SMILES string of the molecule is c1ccc(-c2nc(-c3ccccc3)nc(-c3ccnc(-c4nc5ccccc5c5c4ccc4ccccc45)c3)n2)cc1. The van der Waals surface area contributed by atoms with Gasteiger partial charge < -0.3 is 0 Å². The Kier molecular flexibility index (Phi) is 5.71. The number of fused-ring (bicyclic) bond motifs is 5. The summed E-state index contributed by atoms with van der Waals surface area (Å²) in [6, 6.07) is 45.1. The van der Waals surface area contributed by atoms with Crippen molar-refractivity contribution in [1.29, 1.82) is 0 Å². The molecule has 0 aliphatic carbocycles. The second-order valence-electron chi connectivity index (χ2n) is 10.2. The number of hydrogen-bond donors (Lipinski definition) is 0. The van der Waals surface area contributed by atoms with E-state index in [1.54, 1.807) is 0 Å². The van der Waals surface area contributed by atoms with E-state index in [4.69, 9.17) is 24.9 Å². The summed E-state index contributed by atoms with van der Waals surface area (Å²) < 4.78 is 0. The maximum absolute atomic E-state index is 5.13. The fraction of sp³-hybridized carbons (Fsp3) is 0. The highest BCUT2D eigenvalue weighted by atomic mass is 15.0. The summed E-state index contributed by atoms with van der Waals surface area (Å²) in [6.07, 6.45) is 1.81. The molecular weight excluding hydrogens is 514 g/mol. The maximum atomic E-state index is 5.13. The van der Waals surface area contributed by atoms with Crippen molar-refractivity contribution in [3.63, 3.8) is 0 Å². The topological polar surface area (TPSA) is 64.5 Å². The number of para-hydroxylation sites is 1.